The van der Waals surface area contributed by atoms with Crippen LogP contribution in [0.3, 0.4) is 0 Å². The summed E-state index contributed by atoms with van der Waals surface area (Å²) in [6, 6.07) is -5.22. The molecule has 10 heavy (non-hydrogen) atoms. The molecule has 54 valence electrons. The molecule has 0 unspecified atom stereocenters. The zero-order valence-corrected chi connectivity index (χ0v) is 5.00. The van der Waals surface area contributed by atoms with Crippen molar-refractivity contribution in [3.8, 4) is 0 Å². The first-order chi connectivity index (χ1) is 10.4. The van der Waals surface area contributed by atoms with E-state index in [0.717, 1.165) is 0 Å². The lowest BCUT2D eigenvalue weighted by atomic mass is 9.87. The molecule has 0 saturated heterocycles. The van der Waals surface area contributed by atoms with Crippen LogP contribution in [0.4, 0.5) is 0 Å². The molecule has 1 aromatic carbocycles. The van der Waals surface area contributed by atoms with Gasteiger partial charge in [-0.15, -0.1) is 0 Å². The van der Waals surface area contributed by atoms with E-state index in [9.17, 15) is 0 Å². The van der Waals surface area contributed by atoms with Crippen molar-refractivity contribution in [1.82, 2.24) is 0 Å². The second-order valence-corrected chi connectivity index (χ2v) is 1.75. The molecule has 0 heterocycles. The normalized spacial score (nSPS) is 35.6. The molecule has 1 rings (SSSR count). The highest BCUT2D eigenvalue weighted by Gasteiger charge is 2.11. The van der Waals surface area contributed by atoms with Crippen molar-refractivity contribution in [3.05, 3.63) is 35.8 Å². The first kappa shape index (κ1) is 1.16. The third-order valence-corrected chi connectivity index (χ3v) is 0.875. The quantitative estimate of drug-likeness (QED) is 0.530. The van der Waals surface area contributed by atoms with E-state index in [1.165, 1.54) is 0 Å². The molecular weight excluding hydrogens is 120 g/mol. The third-order valence-electron chi connectivity index (χ3n) is 0.875. The summed E-state index contributed by atoms with van der Waals surface area (Å²) in [5, 5.41) is 0. The van der Waals surface area contributed by atoms with E-state index in [-0.39, 0.29) is 0 Å². The van der Waals surface area contributed by atoms with Crippen LogP contribution in [0, 0.1) is 0 Å². The van der Waals surface area contributed by atoms with Crippen LogP contribution in [0.2, 0.25) is 0 Å². The lowest BCUT2D eigenvalue weighted by Crippen LogP contribution is -2.10. The molecule has 0 aliphatic rings. The predicted octanol–water partition coefficient (Wildman–Crippen LogP) is 2.98. The molecule has 0 spiro atoms. The van der Waals surface area contributed by atoms with E-state index in [0.29, 0.717) is 0 Å². The van der Waals surface area contributed by atoms with Crippen molar-refractivity contribution in [2.45, 2.75) is 26.0 Å². The van der Waals surface area contributed by atoms with Gasteiger partial charge in [0, 0.05) is 12.3 Å². The van der Waals surface area contributed by atoms with Gasteiger partial charge in [-0.05, 0) is 11.0 Å². The van der Waals surface area contributed by atoms with Crippen LogP contribution in [-0.2, 0) is 5.41 Å². The standard InChI is InChI=1S/C10H14/c1-10(2,3)9-7-5-4-6-8-9/h4-8H,1-3H3/i1D3,2D3,3D3,4D,5D,6D,7D,8D. The van der Waals surface area contributed by atoms with Crippen molar-refractivity contribution in [2.24, 2.45) is 0 Å². The van der Waals surface area contributed by atoms with Crippen molar-refractivity contribution < 1.29 is 19.2 Å². The van der Waals surface area contributed by atoms with Crippen LogP contribution in [0.25, 0.3) is 0 Å². The Bertz CT molecular complexity index is 580. The Balaban J connectivity index is 4.27. The lowest BCUT2D eigenvalue weighted by molar-refractivity contribution is 0.590. The summed E-state index contributed by atoms with van der Waals surface area (Å²) >= 11 is 0. The molecule has 0 atom stereocenters. The van der Waals surface area contributed by atoms with E-state index >= 15 is 0 Å². The minimum atomic E-state index is -3.70. The van der Waals surface area contributed by atoms with Gasteiger partial charge in [-0.25, -0.2) is 0 Å². The molecule has 0 heteroatoms. The monoisotopic (exact) mass is 148 g/mol. The molecule has 0 radical (unpaired) electrons. The highest BCUT2D eigenvalue weighted by Crippen LogP contribution is 2.20. The van der Waals surface area contributed by atoms with Crippen LogP contribution < -0.4 is 0 Å². The fourth-order valence-corrected chi connectivity index (χ4v) is 0.438. The molecule has 0 aromatic heterocycles. The van der Waals surface area contributed by atoms with Crippen LogP contribution in [0.1, 0.15) is 45.3 Å². The zero-order valence-electron chi connectivity index (χ0n) is 19.0. The van der Waals surface area contributed by atoms with Gasteiger partial charge in [0.05, 0.1) is 6.85 Å². The van der Waals surface area contributed by atoms with E-state index in [4.69, 9.17) is 19.2 Å². The maximum absolute atomic E-state index is 7.81. The Hall–Kier alpha value is -0.780. The summed E-state index contributed by atoms with van der Waals surface area (Å²) in [5.41, 5.74) is -4.89. The van der Waals surface area contributed by atoms with Gasteiger partial charge in [-0.3, -0.25) is 0 Å². The second kappa shape index (κ2) is 2.45. The van der Waals surface area contributed by atoms with Gasteiger partial charge < -0.3 is 0 Å². The van der Waals surface area contributed by atoms with Crippen molar-refractivity contribution in [1.29, 1.82) is 0 Å². The number of benzene rings is 1. The summed E-state index contributed by atoms with van der Waals surface area (Å²) in [6.45, 7) is -11.1. The maximum Gasteiger partial charge on any atom is 0.0626 e. The van der Waals surface area contributed by atoms with E-state index in [2.05, 4.69) is 0 Å². The fourth-order valence-electron chi connectivity index (χ4n) is 0.438. The predicted molar refractivity (Wildman–Crippen MR) is 45.1 cm³/mol. The first-order valence-corrected chi connectivity index (χ1v) is 2.50. The molecule has 0 amide bonds. The Morgan fingerprint density at radius 1 is 1.20 bits per heavy atom. The minimum absolute atomic E-state index is 0.885. The molecule has 0 nitrogen and oxygen atoms in total. The second-order valence-electron chi connectivity index (χ2n) is 1.75. The van der Waals surface area contributed by atoms with Gasteiger partial charge in [0.2, 0.25) is 0 Å². The van der Waals surface area contributed by atoms with Crippen molar-refractivity contribution in [3.63, 3.8) is 0 Å². The van der Waals surface area contributed by atoms with Crippen LogP contribution in [0.5, 0.6) is 0 Å². The van der Waals surface area contributed by atoms with Gasteiger partial charge in [0.25, 0.3) is 0 Å². The van der Waals surface area contributed by atoms with Gasteiger partial charge in [0.1, 0.15) is 0 Å². The zero-order chi connectivity index (χ0) is 19.5. The highest BCUT2D eigenvalue weighted by atomic mass is 14.2. The smallest absolute Gasteiger partial charge is 0.0622 e. The van der Waals surface area contributed by atoms with Crippen molar-refractivity contribution in [2.75, 3.05) is 0 Å². The highest BCUT2D eigenvalue weighted by molar-refractivity contribution is 5.21. The molecule has 0 N–H and O–H groups in total. The van der Waals surface area contributed by atoms with E-state index in [1.807, 2.05) is 0 Å². The largest absolute Gasteiger partial charge is 0.0626 e. The summed E-state index contributed by atoms with van der Waals surface area (Å²) < 4.78 is 106. The molecule has 1 aromatic rings. The van der Waals surface area contributed by atoms with E-state index in [1.54, 1.807) is 0 Å². The average Bonchev–Trinajstić information content (AvgIpc) is 2.34. The summed E-state index contributed by atoms with van der Waals surface area (Å²) in [6.07, 6.45) is 0. The van der Waals surface area contributed by atoms with Gasteiger partial charge >= 0.3 is 0 Å². The third kappa shape index (κ3) is 1.60. The van der Waals surface area contributed by atoms with Crippen molar-refractivity contribution >= 4 is 0 Å². The first-order valence-electron chi connectivity index (χ1n) is 9.50. The summed E-state index contributed by atoms with van der Waals surface area (Å²) in [4.78, 5) is 0. The minimum Gasteiger partial charge on any atom is -0.0622 e. The Kier molecular flexibility index (Phi) is 0.283. The molecular formula is C10H14. The molecule has 0 saturated carbocycles. The Morgan fingerprint density at radius 2 is 1.80 bits per heavy atom. The van der Waals surface area contributed by atoms with Gasteiger partial charge in [-0.2, -0.15) is 0 Å². The number of hydrogen-bond donors (Lipinski definition) is 0. The summed E-state index contributed by atoms with van der Waals surface area (Å²) in [7, 11) is 0. The van der Waals surface area contributed by atoms with Gasteiger partial charge in [0.15, 0.2) is 0 Å². The fraction of sp³-hybridized carbons (Fsp3) is 0.400. The maximum atomic E-state index is 7.81. The topological polar surface area (TPSA) is 0 Å². The SMILES string of the molecule is [2H]c1c([2H])c([2H])c(C(C([2H])([2H])[2H])(C([2H])([2H])[2H])C([2H])([2H])[2H])c([2H])c1[2H]. The molecule has 0 aliphatic heterocycles. The van der Waals surface area contributed by atoms with Crippen LogP contribution >= 0.6 is 0 Å². The van der Waals surface area contributed by atoms with Crippen LogP contribution in [-0.4, -0.2) is 0 Å². The molecule has 0 fully saturated rings. The Labute approximate surface area is 82.6 Å². The van der Waals surface area contributed by atoms with E-state index < -0.39 is 61.7 Å². The van der Waals surface area contributed by atoms with Gasteiger partial charge in [-0.1, -0.05) is 50.8 Å². The number of rotatable bonds is 0. The summed E-state index contributed by atoms with van der Waals surface area (Å²) in [5.74, 6) is 0. The molecule has 0 aliphatic carbocycles. The molecule has 0 bridgehead atoms. The number of hydrogen-bond acceptors (Lipinski definition) is 0. The van der Waals surface area contributed by atoms with Crippen LogP contribution in [0.15, 0.2) is 30.2 Å². The Morgan fingerprint density at radius 3 is 2.30 bits per heavy atom. The lowest BCUT2D eigenvalue weighted by Gasteiger charge is -2.18. The average molecular weight is 148 g/mol.